The maximum atomic E-state index is 9.72. The summed E-state index contributed by atoms with van der Waals surface area (Å²) < 4.78 is 5.11. The van der Waals surface area contributed by atoms with Crippen molar-refractivity contribution in [3.63, 3.8) is 0 Å². The number of hydrogen-bond acceptors (Lipinski definition) is 4. The molecule has 0 aliphatic heterocycles. The summed E-state index contributed by atoms with van der Waals surface area (Å²) in [7, 11) is 1.51. The molecule has 0 aliphatic carbocycles. The highest BCUT2D eigenvalue weighted by atomic mass is 32.2. The predicted octanol–water partition coefficient (Wildman–Crippen LogP) is 3.75. The van der Waals surface area contributed by atoms with Crippen molar-refractivity contribution >= 4 is 17.4 Å². The topological polar surface area (TPSA) is 55.5 Å². The first-order valence-electron chi connectivity index (χ1n) is 5.92. The monoisotopic (exact) mass is 275 g/mol. The molecule has 0 aliphatic rings. The van der Waals surface area contributed by atoms with Crippen molar-refractivity contribution < 1.29 is 9.84 Å². The summed E-state index contributed by atoms with van der Waals surface area (Å²) >= 11 is 1.60. The number of nitrogens with two attached hydrogens (primary N) is 1. The van der Waals surface area contributed by atoms with E-state index in [2.05, 4.69) is 32.0 Å². The standard InChI is InChI=1S/C15H17NO2S/c1-9-4-10(2)6-11(5-9)19-12-7-13(16)15(17)14(8-12)18-3/h4-8,17H,16H2,1-3H3. The number of anilines is 1. The van der Waals surface area contributed by atoms with Gasteiger partial charge in [-0.15, -0.1) is 0 Å². The van der Waals surface area contributed by atoms with Crippen molar-refractivity contribution in [3.05, 3.63) is 41.5 Å². The summed E-state index contributed by atoms with van der Waals surface area (Å²) in [4.78, 5) is 2.08. The minimum absolute atomic E-state index is 0.00715. The Kier molecular flexibility index (Phi) is 3.90. The van der Waals surface area contributed by atoms with Crippen LogP contribution in [0, 0.1) is 13.8 Å². The van der Waals surface area contributed by atoms with Crippen molar-refractivity contribution in [3.8, 4) is 11.5 Å². The van der Waals surface area contributed by atoms with E-state index in [1.54, 1.807) is 23.9 Å². The molecule has 0 saturated carbocycles. The second-order valence-electron chi connectivity index (χ2n) is 4.49. The van der Waals surface area contributed by atoms with Crippen molar-refractivity contribution in [2.75, 3.05) is 12.8 Å². The van der Waals surface area contributed by atoms with Crippen LogP contribution in [0.15, 0.2) is 40.1 Å². The van der Waals surface area contributed by atoms with E-state index in [0.717, 1.165) is 9.79 Å². The molecule has 0 amide bonds. The minimum Gasteiger partial charge on any atom is -0.503 e. The highest BCUT2D eigenvalue weighted by molar-refractivity contribution is 7.99. The van der Waals surface area contributed by atoms with Crippen LogP contribution in [0.25, 0.3) is 0 Å². The second kappa shape index (κ2) is 5.45. The summed E-state index contributed by atoms with van der Waals surface area (Å²) in [5.74, 6) is 0.388. The van der Waals surface area contributed by atoms with Gasteiger partial charge in [-0.05, 0) is 49.2 Å². The Morgan fingerprint density at radius 1 is 1.00 bits per heavy atom. The predicted molar refractivity (Wildman–Crippen MR) is 79.1 cm³/mol. The van der Waals surface area contributed by atoms with Crippen LogP contribution in [0.3, 0.4) is 0 Å². The van der Waals surface area contributed by atoms with Gasteiger partial charge in [-0.25, -0.2) is 0 Å². The molecule has 100 valence electrons. The molecule has 0 heterocycles. The lowest BCUT2D eigenvalue weighted by Crippen LogP contribution is -1.91. The smallest absolute Gasteiger partial charge is 0.181 e. The Hall–Kier alpha value is -1.81. The lowest BCUT2D eigenvalue weighted by molar-refractivity contribution is 0.373. The molecule has 3 nitrogen and oxygen atoms in total. The zero-order valence-electron chi connectivity index (χ0n) is 11.2. The highest BCUT2D eigenvalue weighted by Crippen LogP contribution is 2.39. The van der Waals surface area contributed by atoms with Gasteiger partial charge in [-0.1, -0.05) is 17.8 Å². The third-order valence-corrected chi connectivity index (χ3v) is 3.67. The molecule has 0 bridgehead atoms. The molecular formula is C15H17NO2S. The van der Waals surface area contributed by atoms with Gasteiger partial charge in [-0.3, -0.25) is 0 Å². The van der Waals surface area contributed by atoms with Gasteiger partial charge in [0.05, 0.1) is 12.8 Å². The van der Waals surface area contributed by atoms with E-state index < -0.39 is 0 Å². The van der Waals surface area contributed by atoms with E-state index >= 15 is 0 Å². The maximum Gasteiger partial charge on any atom is 0.181 e. The van der Waals surface area contributed by atoms with Crippen LogP contribution in [0.1, 0.15) is 11.1 Å². The van der Waals surface area contributed by atoms with Crippen LogP contribution in [-0.4, -0.2) is 12.2 Å². The van der Waals surface area contributed by atoms with Crippen molar-refractivity contribution in [1.82, 2.24) is 0 Å². The summed E-state index contributed by atoms with van der Waals surface area (Å²) in [6, 6.07) is 9.91. The Bertz CT molecular complexity index is 591. The van der Waals surface area contributed by atoms with E-state index in [1.165, 1.54) is 18.2 Å². The van der Waals surface area contributed by atoms with E-state index in [9.17, 15) is 5.11 Å². The molecule has 3 N–H and O–H groups in total. The molecule has 0 atom stereocenters. The number of benzene rings is 2. The molecule has 19 heavy (non-hydrogen) atoms. The molecule has 0 aromatic heterocycles. The molecule has 0 spiro atoms. The lowest BCUT2D eigenvalue weighted by atomic mass is 10.2. The molecule has 0 radical (unpaired) electrons. The zero-order chi connectivity index (χ0) is 14.0. The molecule has 0 fully saturated rings. The number of phenolic OH excluding ortho intramolecular Hbond substituents is 1. The van der Waals surface area contributed by atoms with Crippen molar-refractivity contribution in [1.29, 1.82) is 0 Å². The van der Waals surface area contributed by atoms with Crippen LogP contribution >= 0.6 is 11.8 Å². The van der Waals surface area contributed by atoms with Gasteiger partial charge < -0.3 is 15.6 Å². The first-order chi connectivity index (χ1) is 8.99. The first-order valence-corrected chi connectivity index (χ1v) is 6.74. The quantitative estimate of drug-likeness (QED) is 0.661. The zero-order valence-corrected chi connectivity index (χ0v) is 12.0. The van der Waals surface area contributed by atoms with Crippen LogP contribution in [0.2, 0.25) is 0 Å². The number of hydrogen-bond donors (Lipinski definition) is 2. The molecule has 4 heteroatoms. The molecular weight excluding hydrogens is 258 g/mol. The Morgan fingerprint density at radius 3 is 2.16 bits per heavy atom. The SMILES string of the molecule is COc1cc(Sc2cc(C)cc(C)c2)cc(N)c1O. The van der Waals surface area contributed by atoms with Crippen LogP contribution < -0.4 is 10.5 Å². The number of aromatic hydroxyl groups is 1. The van der Waals surface area contributed by atoms with Gasteiger partial charge in [0.25, 0.3) is 0 Å². The van der Waals surface area contributed by atoms with Crippen LogP contribution in [0.5, 0.6) is 11.5 Å². The van der Waals surface area contributed by atoms with Gasteiger partial charge in [0.2, 0.25) is 0 Å². The van der Waals surface area contributed by atoms with E-state index in [1.807, 2.05) is 0 Å². The van der Waals surface area contributed by atoms with Gasteiger partial charge in [0.1, 0.15) is 0 Å². The largest absolute Gasteiger partial charge is 0.503 e. The van der Waals surface area contributed by atoms with E-state index in [4.69, 9.17) is 10.5 Å². The number of ether oxygens (including phenoxy) is 1. The van der Waals surface area contributed by atoms with Crippen LogP contribution in [0.4, 0.5) is 5.69 Å². The Balaban J connectivity index is 2.35. The number of aryl methyl sites for hydroxylation is 2. The highest BCUT2D eigenvalue weighted by Gasteiger charge is 2.09. The van der Waals surface area contributed by atoms with E-state index in [0.29, 0.717) is 11.4 Å². The number of rotatable bonds is 3. The molecule has 2 aromatic rings. The molecule has 2 aromatic carbocycles. The number of phenols is 1. The summed E-state index contributed by atoms with van der Waals surface area (Å²) in [6.07, 6.45) is 0. The lowest BCUT2D eigenvalue weighted by Gasteiger charge is -2.10. The fraction of sp³-hybridized carbons (Fsp3) is 0.200. The van der Waals surface area contributed by atoms with E-state index in [-0.39, 0.29) is 5.75 Å². The average Bonchev–Trinajstić information content (AvgIpc) is 2.32. The maximum absolute atomic E-state index is 9.72. The van der Waals surface area contributed by atoms with Crippen molar-refractivity contribution in [2.45, 2.75) is 23.6 Å². The number of methoxy groups -OCH3 is 1. The van der Waals surface area contributed by atoms with Crippen LogP contribution in [-0.2, 0) is 0 Å². The summed E-state index contributed by atoms with van der Waals surface area (Å²) in [6.45, 7) is 4.14. The van der Waals surface area contributed by atoms with Crippen molar-refractivity contribution in [2.24, 2.45) is 0 Å². The summed E-state index contributed by atoms with van der Waals surface area (Å²) in [5.41, 5.74) is 8.54. The Morgan fingerprint density at radius 2 is 1.58 bits per heavy atom. The second-order valence-corrected chi connectivity index (χ2v) is 5.64. The average molecular weight is 275 g/mol. The Labute approximate surface area is 117 Å². The minimum atomic E-state index is -0.00715. The molecule has 0 unspecified atom stereocenters. The fourth-order valence-electron chi connectivity index (χ4n) is 1.95. The van der Waals surface area contributed by atoms with Gasteiger partial charge in [-0.2, -0.15) is 0 Å². The third kappa shape index (κ3) is 3.15. The summed E-state index contributed by atoms with van der Waals surface area (Å²) in [5, 5.41) is 9.72. The van der Waals surface area contributed by atoms with Gasteiger partial charge in [0, 0.05) is 9.79 Å². The first kappa shape index (κ1) is 13.6. The third-order valence-electron chi connectivity index (χ3n) is 2.73. The molecule has 2 rings (SSSR count). The van der Waals surface area contributed by atoms with Gasteiger partial charge >= 0.3 is 0 Å². The molecule has 0 saturated heterocycles. The normalized spacial score (nSPS) is 10.5. The number of nitrogen functional groups attached to an aromatic ring is 1. The van der Waals surface area contributed by atoms with Gasteiger partial charge in [0.15, 0.2) is 11.5 Å². The fourth-order valence-corrected chi connectivity index (χ4v) is 3.06.